The smallest absolute Gasteiger partial charge is 0.270 e. The van der Waals surface area contributed by atoms with Crippen LogP contribution in [0.4, 0.5) is 17.3 Å². The Bertz CT molecular complexity index is 1700. The van der Waals surface area contributed by atoms with Crippen molar-refractivity contribution in [2.45, 2.75) is 0 Å². The van der Waals surface area contributed by atoms with Gasteiger partial charge in [0.1, 0.15) is 11.6 Å². The number of hydrogen-bond donors (Lipinski definition) is 3. The van der Waals surface area contributed by atoms with E-state index in [0.29, 0.717) is 27.5 Å². The maximum atomic E-state index is 12.9. The maximum Gasteiger partial charge on any atom is 0.270 e. The van der Waals surface area contributed by atoms with Crippen LogP contribution in [0.1, 0.15) is 15.9 Å². The second-order valence-corrected chi connectivity index (χ2v) is 8.42. The molecule has 36 heavy (non-hydrogen) atoms. The number of rotatable bonds is 5. The van der Waals surface area contributed by atoms with Crippen molar-refractivity contribution < 1.29 is 4.79 Å². The van der Waals surface area contributed by atoms with Crippen molar-refractivity contribution in [3.05, 3.63) is 117 Å². The van der Waals surface area contributed by atoms with Crippen molar-refractivity contribution in [1.29, 1.82) is 5.26 Å². The maximum absolute atomic E-state index is 12.9. The number of benzene rings is 4. The zero-order valence-electron chi connectivity index (χ0n) is 18.7. The summed E-state index contributed by atoms with van der Waals surface area (Å²) in [4.78, 5) is 32.6. The standard InChI is InChI=1S/C28H18ClN5O2/c29-21-10-12-22(13-11-21)32-28-33-25(24(16-30)27(36)34-28)19-6-3-7-23(15-19)31-26(35)20-9-8-17-4-1-2-5-18(17)14-20/h1-15H,(H,31,35)(H2,32,33,34,36). The van der Waals surface area contributed by atoms with Crippen LogP contribution in [0.3, 0.4) is 0 Å². The average Bonchev–Trinajstić information content (AvgIpc) is 2.89. The molecule has 5 aromatic rings. The van der Waals surface area contributed by atoms with E-state index < -0.39 is 5.56 Å². The molecule has 0 aliphatic heterocycles. The summed E-state index contributed by atoms with van der Waals surface area (Å²) >= 11 is 5.93. The first-order valence-corrected chi connectivity index (χ1v) is 11.4. The zero-order chi connectivity index (χ0) is 25.1. The molecule has 5 rings (SSSR count). The fourth-order valence-corrected chi connectivity index (χ4v) is 3.92. The normalized spacial score (nSPS) is 10.6. The number of nitrogens with one attached hydrogen (secondary N) is 3. The molecule has 0 aliphatic carbocycles. The highest BCUT2D eigenvalue weighted by atomic mass is 35.5. The van der Waals surface area contributed by atoms with Gasteiger partial charge in [-0.2, -0.15) is 5.26 Å². The number of aromatic nitrogens is 2. The van der Waals surface area contributed by atoms with Gasteiger partial charge in [0.15, 0.2) is 0 Å². The van der Waals surface area contributed by atoms with E-state index in [1.54, 1.807) is 54.6 Å². The van der Waals surface area contributed by atoms with Gasteiger partial charge in [-0.3, -0.25) is 14.6 Å². The van der Waals surface area contributed by atoms with Gasteiger partial charge in [-0.25, -0.2) is 4.98 Å². The van der Waals surface area contributed by atoms with Crippen molar-refractivity contribution >= 4 is 45.6 Å². The number of hydrogen-bond acceptors (Lipinski definition) is 5. The van der Waals surface area contributed by atoms with Crippen LogP contribution in [0.25, 0.3) is 22.0 Å². The topological polar surface area (TPSA) is 111 Å². The van der Waals surface area contributed by atoms with E-state index in [9.17, 15) is 14.9 Å². The predicted octanol–water partition coefficient (Wildman–Crippen LogP) is 6.11. The summed E-state index contributed by atoms with van der Waals surface area (Å²) in [6.07, 6.45) is 0. The van der Waals surface area contributed by atoms with Gasteiger partial charge >= 0.3 is 0 Å². The Morgan fingerprint density at radius 2 is 1.67 bits per heavy atom. The van der Waals surface area contributed by atoms with Crippen LogP contribution >= 0.6 is 11.6 Å². The molecule has 4 aromatic carbocycles. The number of fused-ring (bicyclic) bond motifs is 1. The monoisotopic (exact) mass is 491 g/mol. The molecule has 0 saturated heterocycles. The molecule has 1 aromatic heterocycles. The molecule has 174 valence electrons. The lowest BCUT2D eigenvalue weighted by molar-refractivity contribution is 0.102. The summed E-state index contributed by atoms with van der Waals surface area (Å²) in [7, 11) is 0. The fraction of sp³-hybridized carbons (Fsp3) is 0. The van der Waals surface area contributed by atoms with E-state index in [0.717, 1.165) is 10.8 Å². The lowest BCUT2D eigenvalue weighted by Crippen LogP contribution is -2.16. The van der Waals surface area contributed by atoms with E-state index in [-0.39, 0.29) is 23.1 Å². The number of nitriles is 1. The lowest BCUT2D eigenvalue weighted by Gasteiger charge is -2.11. The number of amides is 1. The number of H-pyrrole nitrogens is 1. The molecule has 0 atom stereocenters. The second-order valence-electron chi connectivity index (χ2n) is 7.98. The van der Waals surface area contributed by atoms with E-state index >= 15 is 0 Å². The SMILES string of the molecule is N#Cc1c(-c2cccc(NC(=O)c3ccc4ccccc4c3)c2)nc(Nc2ccc(Cl)cc2)[nH]c1=O. The Morgan fingerprint density at radius 3 is 2.44 bits per heavy atom. The molecule has 1 amide bonds. The van der Waals surface area contributed by atoms with E-state index in [2.05, 4.69) is 20.6 Å². The van der Waals surface area contributed by atoms with Crippen LogP contribution in [0.2, 0.25) is 5.02 Å². The summed E-state index contributed by atoms with van der Waals surface area (Å²) in [5, 5.41) is 18.1. The van der Waals surface area contributed by atoms with Crippen LogP contribution in [-0.4, -0.2) is 15.9 Å². The fourth-order valence-electron chi connectivity index (χ4n) is 3.79. The summed E-state index contributed by atoms with van der Waals surface area (Å²) in [5.41, 5.74) is 1.67. The van der Waals surface area contributed by atoms with Gasteiger partial charge in [0.2, 0.25) is 5.95 Å². The van der Waals surface area contributed by atoms with Crippen molar-refractivity contribution in [1.82, 2.24) is 9.97 Å². The molecule has 0 spiro atoms. The highest BCUT2D eigenvalue weighted by Gasteiger charge is 2.15. The van der Waals surface area contributed by atoms with Crippen molar-refractivity contribution in [3.8, 4) is 17.3 Å². The molecule has 0 unspecified atom stereocenters. The number of anilines is 3. The Morgan fingerprint density at radius 1 is 0.889 bits per heavy atom. The first-order valence-electron chi connectivity index (χ1n) is 11.0. The van der Waals surface area contributed by atoms with E-state index in [4.69, 9.17) is 11.6 Å². The number of aromatic amines is 1. The summed E-state index contributed by atoms with van der Waals surface area (Å²) in [6.45, 7) is 0. The molecule has 8 heteroatoms. The molecule has 0 bridgehead atoms. The minimum atomic E-state index is -0.579. The molecule has 3 N–H and O–H groups in total. The molecule has 0 aliphatic rings. The lowest BCUT2D eigenvalue weighted by atomic mass is 10.1. The largest absolute Gasteiger partial charge is 0.326 e. The van der Waals surface area contributed by atoms with Gasteiger partial charge in [-0.05, 0) is 59.3 Å². The number of nitrogens with zero attached hydrogens (tertiary/aromatic N) is 2. The minimum absolute atomic E-state index is 0.130. The van der Waals surface area contributed by atoms with Crippen molar-refractivity contribution in [2.75, 3.05) is 10.6 Å². The first-order chi connectivity index (χ1) is 17.5. The van der Waals surface area contributed by atoms with Crippen molar-refractivity contribution in [2.24, 2.45) is 0 Å². The van der Waals surface area contributed by atoms with Gasteiger partial charge in [0.25, 0.3) is 11.5 Å². The quantitative estimate of drug-likeness (QED) is 0.274. The summed E-state index contributed by atoms with van der Waals surface area (Å²) in [6, 6.07) is 29.0. The number of halogens is 1. The van der Waals surface area contributed by atoms with E-state index in [1.807, 2.05) is 42.5 Å². The average molecular weight is 492 g/mol. The third-order valence-corrected chi connectivity index (χ3v) is 5.80. The van der Waals surface area contributed by atoms with Gasteiger partial charge in [-0.15, -0.1) is 0 Å². The zero-order valence-corrected chi connectivity index (χ0v) is 19.5. The minimum Gasteiger partial charge on any atom is -0.326 e. The first kappa shape index (κ1) is 22.8. The van der Waals surface area contributed by atoms with Gasteiger partial charge in [0, 0.05) is 27.5 Å². The second kappa shape index (κ2) is 9.74. The summed E-state index contributed by atoms with van der Waals surface area (Å²) < 4.78 is 0. The van der Waals surface area contributed by atoms with Crippen LogP contribution < -0.4 is 16.2 Å². The highest BCUT2D eigenvalue weighted by Crippen LogP contribution is 2.25. The molecule has 1 heterocycles. The Balaban J connectivity index is 1.45. The van der Waals surface area contributed by atoms with Gasteiger partial charge in [0.05, 0.1) is 5.69 Å². The molecule has 0 saturated carbocycles. The summed E-state index contributed by atoms with van der Waals surface area (Å²) in [5.74, 6) is -0.107. The van der Waals surface area contributed by atoms with Gasteiger partial charge < -0.3 is 10.6 Å². The molecule has 7 nitrogen and oxygen atoms in total. The third-order valence-electron chi connectivity index (χ3n) is 5.54. The van der Waals surface area contributed by atoms with Crippen molar-refractivity contribution in [3.63, 3.8) is 0 Å². The predicted molar refractivity (Wildman–Crippen MR) is 142 cm³/mol. The van der Waals surface area contributed by atoms with Crippen LogP contribution in [-0.2, 0) is 0 Å². The Labute approximate surface area is 211 Å². The number of carbonyl (C=O) groups excluding carboxylic acids is 1. The van der Waals surface area contributed by atoms with Crippen LogP contribution in [0.15, 0.2) is 95.8 Å². The van der Waals surface area contributed by atoms with Gasteiger partial charge in [-0.1, -0.05) is 54.1 Å². The third kappa shape index (κ3) is 4.80. The Kier molecular flexibility index (Phi) is 6.18. The van der Waals surface area contributed by atoms with Crippen LogP contribution in [0.5, 0.6) is 0 Å². The highest BCUT2D eigenvalue weighted by molar-refractivity contribution is 6.30. The Hall–Kier alpha value is -4.93. The number of carbonyl (C=O) groups is 1. The molecular formula is C28H18ClN5O2. The van der Waals surface area contributed by atoms with E-state index in [1.165, 1.54) is 0 Å². The molecule has 0 fully saturated rings. The molecular weight excluding hydrogens is 474 g/mol. The van der Waals surface area contributed by atoms with Crippen LogP contribution in [0, 0.1) is 11.3 Å². The molecule has 0 radical (unpaired) electrons.